The number of quaternary nitrogens is 1. The van der Waals surface area contributed by atoms with Gasteiger partial charge in [-0.25, -0.2) is 0 Å². The first-order valence-corrected chi connectivity index (χ1v) is 5.52. The van der Waals surface area contributed by atoms with Crippen molar-refractivity contribution in [2.24, 2.45) is 5.84 Å². The Hall–Kier alpha value is -2.10. The van der Waals surface area contributed by atoms with Gasteiger partial charge in [0, 0.05) is 35.5 Å². The average molecular weight is 224 g/mol. The zero-order valence-electron chi connectivity index (χ0n) is 9.38. The van der Waals surface area contributed by atoms with Crippen LogP contribution in [0.15, 0.2) is 54.7 Å². The molecule has 0 radical (unpaired) electrons. The van der Waals surface area contributed by atoms with E-state index in [1.165, 1.54) is 0 Å². The van der Waals surface area contributed by atoms with Crippen LogP contribution in [0.5, 0.6) is 0 Å². The first kappa shape index (κ1) is 10.1. The second-order valence-electron chi connectivity index (χ2n) is 4.25. The van der Waals surface area contributed by atoms with Crippen LogP contribution in [-0.2, 0) is 0 Å². The van der Waals surface area contributed by atoms with E-state index in [-0.39, 0.29) is 4.59 Å². The van der Waals surface area contributed by atoms with Crippen LogP contribution in [0.4, 0.5) is 17.1 Å². The van der Waals surface area contributed by atoms with E-state index >= 15 is 0 Å². The number of fused-ring (bicyclic) bond motifs is 1. The van der Waals surface area contributed by atoms with Gasteiger partial charge in [-0.3, -0.25) is 0 Å². The van der Waals surface area contributed by atoms with Crippen molar-refractivity contribution in [1.29, 1.82) is 0 Å². The molecule has 1 unspecified atom stereocenters. The number of para-hydroxylation sites is 1. The molecule has 1 heterocycles. The van der Waals surface area contributed by atoms with Crippen molar-refractivity contribution in [3.8, 4) is 0 Å². The normalized spacial score (nSPS) is 21.5. The Labute approximate surface area is 100 Å². The molecule has 3 heteroatoms. The molecule has 3 rings (SSSR count). The predicted octanol–water partition coefficient (Wildman–Crippen LogP) is 2.77. The Bertz CT molecular complexity index is 590. The summed E-state index contributed by atoms with van der Waals surface area (Å²) in [6.07, 6.45) is 4.00. The Morgan fingerprint density at radius 1 is 0.941 bits per heavy atom. The van der Waals surface area contributed by atoms with Crippen molar-refractivity contribution in [1.82, 2.24) is 4.59 Å². The van der Waals surface area contributed by atoms with Crippen LogP contribution in [0.25, 0.3) is 6.08 Å². The summed E-state index contributed by atoms with van der Waals surface area (Å²) in [6, 6.07) is 15.8. The lowest BCUT2D eigenvalue weighted by atomic mass is 10.1. The number of anilines is 1. The Morgan fingerprint density at radius 2 is 1.71 bits per heavy atom. The largest absolute Gasteiger partial charge is 0.399 e. The Kier molecular flexibility index (Phi) is 2.04. The smallest absolute Gasteiger partial charge is 0.171 e. The minimum atomic E-state index is 0.182. The summed E-state index contributed by atoms with van der Waals surface area (Å²) in [5, 5.41) is 0. The number of nitrogen functional groups attached to an aromatic ring is 1. The summed E-state index contributed by atoms with van der Waals surface area (Å²) < 4.78 is 0.182. The SMILES string of the molecule is Nc1ccc2c(c1)[N+](N)(c1ccccc1)C=C2. The van der Waals surface area contributed by atoms with Gasteiger partial charge in [0.25, 0.3) is 0 Å². The number of nitrogens with zero attached hydrogens (tertiary/aromatic N) is 1. The van der Waals surface area contributed by atoms with Crippen LogP contribution in [0.1, 0.15) is 5.56 Å². The van der Waals surface area contributed by atoms with Crippen molar-refractivity contribution in [2.45, 2.75) is 0 Å². The molecule has 0 saturated carbocycles. The fourth-order valence-corrected chi connectivity index (χ4v) is 2.20. The predicted molar refractivity (Wildman–Crippen MR) is 72.0 cm³/mol. The quantitative estimate of drug-likeness (QED) is 0.444. The van der Waals surface area contributed by atoms with Crippen molar-refractivity contribution in [3.63, 3.8) is 0 Å². The summed E-state index contributed by atoms with van der Waals surface area (Å²) in [5.74, 6) is 6.46. The second-order valence-corrected chi connectivity index (χ2v) is 4.25. The van der Waals surface area contributed by atoms with Crippen LogP contribution in [-0.4, -0.2) is 0 Å². The highest BCUT2D eigenvalue weighted by Crippen LogP contribution is 2.40. The molecule has 3 nitrogen and oxygen atoms in total. The molecule has 1 aliphatic heterocycles. The van der Waals surface area contributed by atoms with Crippen molar-refractivity contribution in [2.75, 3.05) is 5.73 Å². The standard InChI is InChI=1S/C14H14N3/c15-12-7-6-11-8-9-17(16,14(11)10-12)13-4-2-1-3-5-13/h1-10H,15-16H2/q+1. The van der Waals surface area contributed by atoms with E-state index in [0.29, 0.717) is 0 Å². The Morgan fingerprint density at radius 3 is 2.47 bits per heavy atom. The molecule has 2 aromatic rings. The van der Waals surface area contributed by atoms with E-state index in [1.54, 1.807) is 0 Å². The molecule has 0 saturated heterocycles. The first-order chi connectivity index (χ1) is 8.20. The lowest BCUT2D eigenvalue weighted by Crippen LogP contribution is -2.44. The van der Waals surface area contributed by atoms with Gasteiger partial charge in [0.1, 0.15) is 6.20 Å². The molecule has 0 bridgehead atoms. The van der Waals surface area contributed by atoms with E-state index < -0.39 is 0 Å². The highest BCUT2D eigenvalue weighted by Gasteiger charge is 2.34. The summed E-state index contributed by atoms with van der Waals surface area (Å²) in [5.41, 5.74) is 9.72. The van der Waals surface area contributed by atoms with E-state index in [2.05, 4.69) is 0 Å². The molecule has 84 valence electrons. The number of hydrogen-bond acceptors (Lipinski definition) is 2. The van der Waals surface area contributed by atoms with Gasteiger partial charge in [-0.15, -0.1) is 0 Å². The minimum absolute atomic E-state index is 0.182. The second kappa shape index (κ2) is 3.45. The molecule has 0 aliphatic carbocycles. The van der Waals surface area contributed by atoms with Crippen molar-refractivity contribution >= 4 is 23.1 Å². The van der Waals surface area contributed by atoms with Gasteiger partial charge >= 0.3 is 0 Å². The maximum absolute atomic E-state index is 6.46. The van der Waals surface area contributed by atoms with Gasteiger partial charge in [-0.2, -0.15) is 10.4 Å². The summed E-state index contributed by atoms with van der Waals surface area (Å²) in [6.45, 7) is 0. The van der Waals surface area contributed by atoms with Gasteiger partial charge in [-0.05, 0) is 12.1 Å². The van der Waals surface area contributed by atoms with Crippen molar-refractivity contribution < 1.29 is 0 Å². The zero-order valence-corrected chi connectivity index (χ0v) is 9.38. The third kappa shape index (κ3) is 1.45. The molecular weight excluding hydrogens is 210 g/mol. The van der Waals surface area contributed by atoms with Gasteiger partial charge < -0.3 is 5.73 Å². The molecule has 4 N–H and O–H groups in total. The van der Waals surface area contributed by atoms with Crippen LogP contribution < -0.4 is 16.2 Å². The molecule has 1 atom stereocenters. The van der Waals surface area contributed by atoms with Gasteiger partial charge in [0.2, 0.25) is 0 Å². The van der Waals surface area contributed by atoms with Gasteiger partial charge in [-0.1, -0.05) is 18.2 Å². The van der Waals surface area contributed by atoms with E-state index in [1.807, 2.05) is 60.8 Å². The number of rotatable bonds is 1. The topological polar surface area (TPSA) is 52.0 Å². The number of nitrogens with two attached hydrogens (primary N) is 2. The summed E-state index contributed by atoms with van der Waals surface area (Å²) >= 11 is 0. The van der Waals surface area contributed by atoms with Gasteiger partial charge in [0.15, 0.2) is 11.4 Å². The van der Waals surface area contributed by atoms with E-state index in [9.17, 15) is 0 Å². The fourth-order valence-electron chi connectivity index (χ4n) is 2.20. The molecular formula is C14H14N3+. The zero-order chi connectivity index (χ0) is 11.9. The molecule has 2 aromatic carbocycles. The maximum Gasteiger partial charge on any atom is 0.171 e. The van der Waals surface area contributed by atoms with E-state index in [4.69, 9.17) is 11.6 Å². The monoisotopic (exact) mass is 224 g/mol. The van der Waals surface area contributed by atoms with Crippen LogP contribution in [0.2, 0.25) is 0 Å². The first-order valence-electron chi connectivity index (χ1n) is 5.52. The maximum atomic E-state index is 6.46. The van der Waals surface area contributed by atoms with Gasteiger partial charge in [0.05, 0.1) is 0 Å². The summed E-state index contributed by atoms with van der Waals surface area (Å²) in [4.78, 5) is 0. The number of hydrogen-bond donors (Lipinski definition) is 2. The highest BCUT2D eigenvalue weighted by atomic mass is 15.6. The molecule has 17 heavy (non-hydrogen) atoms. The lowest BCUT2D eigenvalue weighted by Gasteiger charge is -2.25. The van der Waals surface area contributed by atoms with E-state index in [0.717, 1.165) is 22.6 Å². The fraction of sp³-hybridized carbons (Fsp3) is 0. The van der Waals surface area contributed by atoms with Crippen molar-refractivity contribution in [3.05, 3.63) is 60.3 Å². The third-order valence-corrected chi connectivity index (χ3v) is 3.13. The minimum Gasteiger partial charge on any atom is -0.399 e. The number of benzene rings is 2. The molecule has 0 aromatic heterocycles. The molecule has 0 spiro atoms. The Balaban J connectivity index is 2.20. The lowest BCUT2D eigenvalue weighted by molar-refractivity contribution is 0.545. The average Bonchev–Trinajstić information content (AvgIpc) is 2.70. The molecule has 0 fully saturated rings. The summed E-state index contributed by atoms with van der Waals surface area (Å²) in [7, 11) is 0. The highest BCUT2D eigenvalue weighted by molar-refractivity contribution is 5.80. The van der Waals surface area contributed by atoms with Crippen LogP contribution in [0.3, 0.4) is 0 Å². The van der Waals surface area contributed by atoms with Crippen LogP contribution in [0, 0.1) is 0 Å². The molecule has 1 aliphatic rings. The molecule has 0 amide bonds. The van der Waals surface area contributed by atoms with Crippen LogP contribution >= 0.6 is 0 Å². The third-order valence-electron chi connectivity index (χ3n) is 3.13.